The van der Waals surface area contributed by atoms with Crippen molar-refractivity contribution in [3.05, 3.63) is 65.0 Å². The molecule has 0 spiro atoms. The molecule has 0 bridgehead atoms. The van der Waals surface area contributed by atoms with Crippen LogP contribution in [0.25, 0.3) is 0 Å². The van der Waals surface area contributed by atoms with Gasteiger partial charge in [-0.3, -0.25) is 0 Å². The molecular weight excluding hydrogens is 444 g/mol. The summed E-state index contributed by atoms with van der Waals surface area (Å²) in [6, 6.07) is 12.0. The SMILES string of the molecule is CC(O)(CN=C(N)Nc1cccc2c1CCCC2)c1ccc(F)cc1.I. The van der Waals surface area contributed by atoms with Crippen molar-refractivity contribution in [2.24, 2.45) is 10.7 Å². The molecule has 1 unspecified atom stereocenters. The van der Waals surface area contributed by atoms with E-state index in [4.69, 9.17) is 5.73 Å². The molecule has 0 saturated carbocycles. The Balaban J connectivity index is 0.00000243. The van der Waals surface area contributed by atoms with Crippen molar-refractivity contribution in [1.29, 1.82) is 0 Å². The first-order valence-electron chi connectivity index (χ1n) is 8.62. The normalized spacial score (nSPS) is 16.2. The molecule has 4 nitrogen and oxygen atoms in total. The second-order valence-corrected chi connectivity index (χ2v) is 6.76. The van der Waals surface area contributed by atoms with Gasteiger partial charge in [0.25, 0.3) is 0 Å². The van der Waals surface area contributed by atoms with Crippen molar-refractivity contribution in [3.8, 4) is 0 Å². The van der Waals surface area contributed by atoms with Gasteiger partial charge in [-0.05, 0) is 67.5 Å². The third kappa shape index (κ3) is 4.94. The van der Waals surface area contributed by atoms with Crippen LogP contribution in [0.15, 0.2) is 47.5 Å². The lowest BCUT2D eigenvalue weighted by molar-refractivity contribution is 0.0673. The van der Waals surface area contributed by atoms with Gasteiger partial charge in [0.1, 0.15) is 11.4 Å². The highest BCUT2D eigenvalue weighted by Gasteiger charge is 2.23. The van der Waals surface area contributed by atoms with Crippen LogP contribution in [0.5, 0.6) is 0 Å². The minimum absolute atomic E-state index is 0. The van der Waals surface area contributed by atoms with Crippen molar-refractivity contribution in [3.63, 3.8) is 0 Å². The number of benzene rings is 2. The average molecular weight is 469 g/mol. The van der Waals surface area contributed by atoms with Crippen molar-refractivity contribution >= 4 is 35.6 Å². The molecule has 1 aliphatic carbocycles. The zero-order chi connectivity index (χ0) is 17.9. The van der Waals surface area contributed by atoms with Gasteiger partial charge >= 0.3 is 0 Å². The van der Waals surface area contributed by atoms with Crippen LogP contribution in [-0.4, -0.2) is 17.6 Å². The minimum atomic E-state index is -1.21. The molecule has 0 aromatic heterocycles. The van der Waals surface area contributed by atoms with E-state index in [-0.39, 0.29) is 42.3 Å². The second-order valence-electron chi connectivity index (χ2n) is 6.76. The van der Waals surface area contributed by atoms with Crippen LogP contribution in [0, 0.1) is 5.82 Å². The first kappa shape index (κ1) is 20.6. The molecule has 0 radical (unpaired) electrons. The first-order valence-corrected chi connectivity index (χ1v) is 8.62. The maximum absolute atomic E-state index is 13.0. The molecule has 2 aromatic carbocycles. The number of hydrogen-bond acceptors (Lipinski definition) is 2. The van der Waals surface area contributed by atoms with Gasteiger partial charge in [0.05, 0.1) is 6.54 Å². The Labute approximate surface area is 170 Å². The van der Waals surface area contributed by atoms with Crippen LogP contribution in [0.4, 0.5) is 10.1 Å². The minimum Gasteiger partial charge on any atom is -0.384 e. The second kappa shape index (κ2) is 8.81. The Kier molecular flexibility index (Phi) is 7.00. The largest absolute Gasteiger partial charge is 0.384 e. The summed E-state index contributed by atoms with van der Waals surface area (Å²) in [7, 11) is 0. The van der Waals surface area contributed by atoms with E-state index in [9.17, 15) is 9.50 Å². The summed E-state index contributed by atoms with van der Waals surface area (Å²) in [6.07, 6.45) is 4.54. The summed E-state index contributed by atoms with van der Waals surface area (Å²) in [5.41, 5.74) is 9.06. The van der Waals surface area contributed by atoms with E-state index < -0.39 is 5.60 Å². The van der Waals surface area contributed by atoms with Crippen molar-refractivity contribution < 1.29 is 9.50 Å². The van der Waals surface area contributed by atoms with E-state index in [0.29, 0.717) is 5.56 Å². The number of halogens is 2. The zero-order valence-electron chi connectivity index (χ0n) is 14.8. The molecule has 6 heteroatoms. The van der Waals surface area contributed by atoms with E-state index in [1.807, 2.05) is 12.1 Å². The van der Waals surface area contributed by atoms with E-state index in [2.05, 4.69) is 16.4 Å². The summed E-state index contributed by atoms with van der Waals surface area (Å²) in [5.74, 6) is -0.0700. The fraction of sp³-hybridized carbons (Fsp3) is 0.350. The molecule has 1 aliphatic rings. The number of rotatable bonds is 4. The van der Waals surface area contributed by atoms with E-state index in [1.54, 1.807) is 19.1 Å². The molecule has 1 atom stereocenters. The molecule has 0 aliphatic heterocycles. The highest BCUT2D eigenvalue weighted by atomic mass is 127. The van der Waals surface area contributed by atoms with Gasteiger partial charge in [0, 0.05) is 5.69 Å². The van der Waals surface area contributed by atoms with Crippen LogP contribution < -0.4 is 11.1 Å². The predicted molar refractivity (Wildman–Crippen MR) is 115 cm³/mol. The highest BCUT2D eigenvalue weighted by Crippen LogP contribution is 2.28. The van der Waals surface area contributed by atoms with Crippen molar-refractivity contribution in [2.75, 3.05) is 11.9 Å². The Morgan fingerprint density at radius 1 is 1.19 bits per heavy atom. The summed E-state index contributed by atoms with van der Waals surface area (Å²) < 4.78 is 13.0. The van der Waals surface area contributed by atoms with Crippen LogP contribution >= 0.6 is 24.0 Å². The molecule has 0 fully saturated rings. The first-order chi connectivity index (χ1) is 12.0. The lowest BCUT2D eigenvalue weighted by atomic mass is 9.90. The maximum Gasteiger partial charge on any atom is 0.193 e. The van der Waals surface area contributed by atoms with Crippen LogP contribution in [0.1, 0.15) is 36.5 Å². The molecular formula is C20H25FIN3O. The fourth-order valence-electron chi connectivity index (χ4n) is 3.22. The fourth-order valence-corrected chi connectivity index (χ4v) is 3.22. The average Bonchev–Trinajstić information content (AvgIpc) is 2.61. The van der Waals surface area contributed by atoms with Gasteiger partial charge in [-0.1, -0.05) is 24.3 Å². The number of fused-ring (bicyclic) bond motifs is 1. The summed E-state index contributed by atoms with van der Waals surface area (Å²) in [5, 5.41) is 13.7. The molecule has 0 heterocycles. The Morgan fingerprint density at radius 3 is 2.62 bits per heavy atom. The number of aryl methyl sites for hydroxylation is 1. The van der Waals surface area contributed by atoms with Crippen LogP contribution in [0.2, 0.25) is 0 Å². The maximum atomic E-state index is 13.0. The van der Waals surface area contributed by atoms with Gasteiger partial charge < -0.3 is 16.2 Å². The van der Waals surface area contributed by atoms with Crippen LogP contribution in [0.3, 0.4) is 0 Å². The topological polar surface area (TPSA) is 70.6 Å². The molecule has 140 valence electrons. The predicted octanol–water partition coefficient (Wildman–Crippen LogP) is 3.96. The summed E-state index contributed by atoms with van der Waals surface area (Å²) in [6.45, 7) is 1.73. The molecule has 3 rings (SSSR count). The number of nitrogens with one attached hydrogen (secondary N) is 1. The number of aliphatic hydroxyl groups is 1. The van der Waals surface area contributed by atoms with Gasteiger partial charge in [-0.15, -0.1) is 24.0 Å². The smallest absolute Gasteiger partial charge is 0.193 e. The molecule has 4 N–H and O–H groups in total. The summed E-state index contributed by atoms with van der Waals surface area (Å²) >= 11 is 0. The van der Waals surface area contributed by atoms with Gasteiger partial charge in [0.2, 0.25) is 0 Å². The van der Waals surface area contributed by atoms with Gasteiger partial charge in [0.15, 0.2) is 5.96 Å². The van der Waals surface area contributed by atoms with E-state index >= 15 is 0 Å². The Morgan fingerprint density at radius 2 is 1.88 bits per heavy atom. The molecule has 26 heavy (non-hydrogen) atoms. The number of anilines is 1. The standard InChI is InChI=1S/C20H24FN3O.HI/c1-20(25,15-9-11-16(21)12-10-15)13-23-19(22)24-18-8-4-6-14-5-2-3-7-17(14)18;/h4,6,8-12,25H,2-3,5,7,13H2,1H3,(H3,22,23,24);1H. The number of nitrogens with two attached hydrogens (primary N) is 1. The Bertz CT molecular complexity index is 775. The summed E-state index contributed by atoms with van der Waals surface area (Å²) in [4.78, 5) is 4.28. The van der Waals surface area contributed by atoms with Gasteiger partial charge in [-0.2, -0.15) is 0 Å². The monoisotopic (exact) mass is 469 g/mol. The number of hydrogen-bond donors (Lipinski definition) is 3. The quantitative estimate of drug-likeness (QED) is 0.361. The van der Waals surface area contributed by atoms with Gasteiger partial charge in [-0.25, -0.2) is 9.38 Å². The van der Waals surface area contributed by atoms with E-state index in [0.717, 1.165) is 18.5 Å². The zero-order valence-corrected chi connectivity index (χ0v) is 17.2. The van der Waals surface area contributed by atoms with Crippen molar-refractivity contribution in [1.82, 2.24) is 0 Å². The van der Waals surface area contributed by atoms with Crippen molar-refractivity contribution in [2.45, 2.75) is 38.2 Å². The highest BCUT2D eigenvalue weighted by molar-refractivity contribution is 14.0. The lowest BCUT2D eigenvalue weighted by Crippen LogP contribution is -2.30. The lowest BCUT2D eigenvalue weighted by Gasteiger charge is -2.23. The molecule has 0 saturated heterocycles. The molecule has 2 aromatic rings. The van der Waals surface area contributed by atoms with Crippen LogP contribution in [-0.2, 0) is 18.4 Å². The number of guanidine groups is 1. The third-order valence-electron chi connectivity index (χ3n) is 4.68. The van der Waals surface area contributed by atoms with E-state index in [1.165, 1.54) is 36.1 Å². The number of aliphatic imine (C=N–C) groups is 1. The number of nitrogens with zero attached hydrogens (tertiary/aromatic N) is 1. The Hall–Kier alpha value is -1.67. The third-order valence-corrected chi connectivity index (χ3v) is 4.68. The molecule has 0 amide bonds.